The standard InChI is InChI=1S/C76H52N2/c1-6-20-53(21-7-1)61-46-62(54-22-8-2-9-23-54)49-65(48-61)57-36-41-68(42-37-57)77(69-43-38-58(39-44-69)66-50-63(55-24-10-3-11-25-55)47-64(51-66)56-26-12-4-13-27-56)70-32-18-29-60(52-70)71-34-19-35-74-75(71)73-45-40-59-28-16-17-33-72(59)76(73)78(74)67-30-14-5-15-31-67/h1-52H. The van der Waals surface area contributed by atoms with Crippen LogP contribution in [0.2, 0.25) is 0 Å². The summed E-state index contributed by atoms with van der Waals surface area (Å²) in [6, 6.07) is 115. The SMILES string of the molecule is c1ccc(-c2cc(-c3ccccc3)cc(-c3ccc(N(c4ccc(-c5cc(-c6ccccc6)cc(-c6ccccc6)c5)cc4)c4cccc(-c5cccc6c5c5ccc7ccccc7c5n6-c5ccccc5)c4)cc3)c2)cc1. The van der Waals surface area contributed by atoms with Gasteiger partial charge in [-0.3, -0.25) is 0 Å². The molecule has 0 saturated heterocycles. The molecule has 13 aromatic carbocycles. The van der Waals surface area contributed by atoms with Gasteiger partial charge in [0.2, 0.25) is 0 Å². The molecule has 0 aliphatic rings. The molecule has 2 nitrogen and oxygen atoms in total. The average Bonchev–Trinajstić information content (AvgIpc) is 3.88. The number of aromatic nitrogens is 1. The van der Waals surface area contributed by atoms with Gasteiger partial charge in [0, 0.05) is 38.9 Å². The normalized spacial score (nSPS) is 11.3. The Morgan fingerprint density at radius 3 is 1.10 bits per heavy atom. The van der Waals surface area contributed by atoms with E-state index in [2.05, 4.69) is 325 Å². The van der Waals surface area contributed by atoms with E-state index < -0.39 is 0 Å². The van der Waals surface area contributed by atoms with Crippen molar-refractivity contribution in [1.82, 2.24) is 4.57 Å². The first kappa shape index (κ1) is 46.3. The van der Waals surface area contributed by atoms with Crippen molar-refractivity contribution >= 4 is 49.6 Å². The van der Waals surface area contributed by atoms with Gasteiger partial charge in [0.25, 0.3) is 0 Å². The monoisotopic (exact) mass is 992 g/mol. The highest BCUT2D eigenvalue weighted by Crippen LogP contribution is 2.45. The predicted molar refractivity (Wildman–Crippen MR) is 331 cm³/mol. The Kier molecular flexibility index (Phi) is 11.9. The highest BCUT2D eigenvalue weighted by molar-refractivity contribution is 6.22. The first-order chi connectivity index (χ1) is 38.7. The summed E-state index contributed by atoms with van der Waals surface area (Å²) in [5, 5.41) is 4.93. The minimum atomic E-state index is 1.06. The average molecular weight is 993 g/mol. The molecule has 0 N–H and O–H groups in total. The van der Waals surface area contributed by atoms with Crippen molar-refractivity contribution in [1.29, 1.82) is 0 Å². The van der Waals surface area contributed by atoms with Crippen LogP contribution in [0.15, 0.2) is 315 Å². The fourth-order valence-corrected chi connectivity index (χ4v) is 11.6. The molecule has 0 atom stereocenters. The molecule has 0 saturated carbocycles. The van der Waals surface area contributed by atoms with Gasteiger partial charge in [-0.25, -0.2) is 0 Å². The second-order valence-corrected chi connectivity index (χ2v) is 20.1. The molecule has 0 fully saturated rings. The Morgan fingerprint density at radius 2 is 0.628 bits per heavy atom. The summed E-state index contributed by atoms with van der Waals surface area (Å²) in [7, 11) is 0. The van der Waals surface area contributed by atoms with E-state index in [0.29, 0.717) is 0 Å². The number of hydrogen-bond acceptors (Lipinski definition) is 1. The first-order valence-corrected chi connectivity index (χ1v) is 26.8. The molecule has 366 valence electrons. The zero-order valence-electron chi connectivity index (χ0n) is 42.9. The number of hydrogen-bond donors (Lipinski definition) is 0. The number of nitrogens with zero attached hydrogens (tertiary/aromatic N) is 2. The van der Waals surface area contributed by atoms with Crippen LogP contribution in [0.1, 0.15) is 0 Å². The van der Waals surface area contributed by atoms with Gasteiger partial charge < -0.3 is 9.47 Å². The number of para-hydroxylation sites is 1. The molecule has 14 aromatic rings. The fraction of sp³-hybridized carbons (Fsp3) is 0. The van der Waals surface area contributed by atoms with E-state index in [-0.39, 0.29) is 0 Å². The van der Waals surface area contributed by atoms with Crippen molar-refractivity contribution in [2.75, 3.05) is 4.90 Å². The lowest BCUT2D eigenvalue weighted by Gasteiger charge is -2.26. The maximum absolute atomic E-state index is 2.45. The fourth-order valence-electron chi connectivity index (χ4n) is 11.6. The maximum Gasteiger partial charge on any atom is 0.0619 e. The van der Waals surface area contributed by atoms with Gasteiger partial charge in [-0.15, -0.1) is 0 Å². The Hall–Kier alpha value is -10.3. The van der Waals surface area contributed by atoms with Crippen LogP contribution in [0.25, 0.3) is 116 Å². The third-order valence-electron chi connectivity index (χ3n) is 15.3. The molecule has 0 aliphatic heterocycles. The molecule has 0 spiro atoms. The second kappa shape index (κ2) is 20.1. The number of rotatable bonds is 11. The summed E-state index contributed by atoms with van der Waals surface area (Å²) in [6.45, 7) is 0. The zero-order chi connectivity index (χ0) is 51.8. The van der Waals surface area contributed by atoms with Crippen LogP contribution in [0, 0.1) is 0 Å². The van der Waals surface area contributed by atoms with Crippen LogP contribution in [-0.2, 0) is 0 Å². The van der Waals surface area contributed by atoms with Crippen LogP contribution < -0.4 is 4.90 Å². The lowest BCUT2D eigenvalue weighted by Crippen LogP contribution is -2.10. The number of benzene rings is 13. The van der Waals surface area contributed by atoms with Gasteiger partial charge in [0.15, 0.2) is 0 Å². The van der Waals surface area contributed by atoms with E-state index in [0.717, 1.165) is 39.4 Å². The highest BCUT2D eigenvalue weighted by Gasteiger charge is 2.21. The van der Waals surface area contributed by atoms with Gasteiger partial charge in [0.05, 0.1) is 11.0 Å². The van der Waals surface area contributed by atoms with E-state index in [9.17, 15) is 0 Å². The van der Waals surface area contributed by atoms with Crippen molar-refractivity contribution in [2.24, 2.45) is 0 Å². The Balaban J connectivity index is 0.917. The molecular formula is C76H52N2. The lowest BCUT2D eigenvalue weighted by atomic mass is 9.93. The molecule has 0 radical (unpaired) electrons. The van der Waals surface area contributed by atoms with Crippen molar-refractivity contribution in [2.45, 2.75) is 0 Å². The van der Waals surface area contributed by atoms with E-state index in [1.54, 1.807) is 0 Å². The lowest BCUT2D eigenvalue weighted by molar-refractivity contribution is 1.19. The summed E-state index contributed by atoms with van der Waals surface area (Å²) < 4.78 is 2.45. The Bertz CT molecular complexity index is 4150. The summed E-state index contributed by atoms with van der Waals surface area (Å²) >= 11 is 0. The molecule has 0 aliphatic carbocycles. The van der Waals surface area contributed by atoms with Gasteiger partial charge in [0.1, 0.15) is 0 Å². The topological polar surface area (TPSA) is 8.17 Å². The summed E-state index contributed by atoms with van der Waals surface area (Å²) in [6.07, 6.45) is 0. The molecule has 14 rings (SSSR count). The Morgan fingerprint density at radius 1 is 0.231 bits per heavy atom. The summed E-state index contributed by atoms with van der Waals surface area (Å²) in [5.74, 6) is 0. The van der Waals surface area contributed by atoms with E-state index in [1.165, 1.54) is 93.8 Å². The minimum Gasteiger partial charge on any atom is -0.310 e. The molecule has 78 heavy (non-hydrogen) atoms. The molecule has 1 aromatic heterocycles. The van der Waals surface area contributed by atoms with Crippen LogP contribution in [-0.4, -0.2) is 4.57 Å². The van der Waals surface area contributed by atoms with Crippen molar-refractivity contribution in [3.63, 3.8) is 0 Å². The van der Waals surface area contributed by atoms with Crippen LogP contribution in [0.3, 0.4) is 0 Å². The van der Waals surface area contributed by atoms with Crippen molar-refractivity contribution in [3.8, 4) is 83.6 Å². The highest BCUT2D eigenvalue weighted by atomic mass is 15.1. The smallest absolute Gasteiger partial charge is 0.0619 e. The van der Waals surface area contributed by atoms with Crippen molar-refractivity contribution in [3.05, 3.63) is 315 Å². The zero-order valence-corrected chi connectivity index (χ0v) is 42.9. The van der Waals surface area contributed by atoms with Gasteiger partial charge in [-0.2, -0.15) is 0 Å². The first-order valence-electron chi connectivity index (χ1n) is 26.8. The third kappa shape index (κ3) is 8.72. The summed E-state index contributed by atoms with van der Waals surface area (Å²) in [5.41, 5.74) is 23.2. The Labute approximate surface area is 455 Å². The maximum atomic E-state index is 2.45. The number of anilines is 3. The van der Waals surface area contributed by atoms with Crippen LogP contribution in [0.4, 0.5) is 17.1 Å². The van der Waals surface area contributed by atoms with Gasteiger partial charge in [-0.1, -0.05) is 224 Å². The molecular weight excluding hydrogens is 941 g/mol. The third-order valence-corrected chi connectivity index (χ3v) is 15.3. The molecule has 0 amide bonds. The quantitative estimate of drug-likeness (QED) is 0.125. The van der Waals surface area contributed by atoms with Crippen LogP contribution >= 0.6 is 0 Å². The largest absolute Gasteiger partial charge is 0.310 e. The number of fused-ring (bicyclic) bond motifs is 5. The molecule has 1 heterocycles. The van der Waals surface area contributed by atoms with E-state index >= 15 is 0 Å². The van der Waals surface area contributed by atoms with E-state index in [1.807, 2.05) is 0 Å². The predicted octanol–water partition coefficient (Wildman–Crippen LogP) is 21.1. The van der Waals surface area contributed by atoms with Crippen molar-refractivity contribution < 1.29 is 0 Å². The summed E-state index contributed by atoms with van der Waals surface area (Å²) in [4.78, 5) is 2.41. The van der Waals surface area contributed by atoms with Gasteiger partial charge >= 0.3 is 0 Å². The van der Waals surface area contributed by atoms with Crippen LogP contribution in [0.5, 0.6) is 0 Å². The molecule has 2 heteroatoms. The van der Waals surface area contributed by atoms with Gasteiger partial charge in [-0.05, 0) is 174 Å². The van der Waals surface area contributed by atoms with E-state index in [4.69, 9.17) is 0 Å². The second-order valence-electron chi connectivity index (χ2n) is 20.1. The molecule has 0 unspecified atom stereocenters. The minimum absolute atomic E-state index is 1.06. The molecule has 0 bridgehead atoms.